The maximum Gasteiger partial charge on any atom is 0.268 e. The molecule has 0 aromatic heterocycles. The molecule has 0 aliphatic carbocycles. The molecule has 0 aromatic rings. The molecule has 0 heterocycles. The maximum atomic E-state index is 13.1. The molecule has 0 aromatic carbocycles. The Morgan fingerprint density at radius 1 is 0.414 bits per heavy atom. The lowest BCUT2D eigenvalue weighted by Crippen LogP contribution is -2.45. The fourth-order valence-electron chi connectivity index (χ4n) is 10.8. The van der Waals surface area contributed by atoms with Crippen molar-refractivity contribution in [1.82, 2.24) is 5.32 Å². The first-order chi connectivity index (χ1) is 42.5. The number of phosphoric acid groups is 1. The Morgan fingerprint density at radius 2 is 0.701 bits per heavy atom. The Kier molecular flexibility index (Phi) is 65.8. The third-order valence-electron chi connectivity index (χ3n) is 16.5. The van der Waals surface area contributed by atoms with E-state index in [1.807, 2.05) is 27.2 Å². The van der Waals surface area contributed by atoms with Crippen molar-refractivity contribution in [3.05, 3.63) is 97.2 Å². The minimum Gasteiger partial charge on any atom is -0.756 e. The van der Waals surface area contributed by atoms with Crippen LogP contribution in [-0.4, -0.2) is 68.5 Å². The minimum absolute atomic E-state index is 0.00174. The molecule has 0 saturated carbocycles. The van der Waals surface area contributed by atoms with Crippen LogP contribution in [0.25, 0.3) is 0 Å². The van der Waals surface area contributed by atoms with Crippen LogP contribution >= 0.6 is 7.82 Å². The number of nitrogens with zero attached hydrogens (tertiary/aromatic N) is 1. The van der Waals surface area contributed by atoms with Crippen molar-refractivity contribution in [2.24, 2.45) is 0 Å². The van der Waals surface area contributed by atoms with E-state index in [-0.39, 0.29) is 19.1 Å². The maximum absolute atomic E-state index is 13.1. The third-order valence-corrected chi connectivity index (χ3v) is 17.5. The van der Waals surface area contributed by atoms with Crippen LogP contribution in [0.1, 0.15) is 341 Å². The molecule has 3 atom stereocenters. The second-order valence-electron chi connectivity index (χ2n) is 26.3. The molecule has 0 bridgehead atoms. The number of rotatable bonds is 68. The van der Waals surface area contributed by atoms with Crippen LogP contribution in [0.4, 0.5) is 0 Å². The first-order valence-electron chi connectivity index (χ1n) is 37.1. The molecule has 0 radical (unpaired) electrons. The van der Waals surface area contributed by atoms with Crippen molar-refractivity contribution in [1.29, 1.82) is 0 Å². The van der Waals surface area contributed by atoms with E-state index >= 15 is 0 Å². The highest BCUT2D eigenvalue weighted by Gasteiger charge is 2.23. The molecule has 2 N–H and O–H groups in total. The molecule has 1 amide bonds. The summed E-state index contributed by atoms with van der Waals surface area (Å²) in [4.78, 5) is 25.7. The Balaban J connectivity index is 3.99. The number of quaternary nitrogens is 1. The summed E-state index contributed by atoms with van der Waals surface area (Å²) < 4.78 is 23.5. The van der Waals surface area contributed by atoms with Crippen LogP contribution in [-0.2, 0) is 18.4 Å². The number of amides is 1. The molecule has 0 saturated heterocycles. The molecule has 0 fully saturated rings. The smallest absolute Gasteiger partial charge is 0.268 e. The van der Waals surface area contributed by atoms with Gasteiger partial charge in [0.1, 0.15) is 13.2 Å². The molecule has 8 nitrogen and oxygen atoms in total. The summed E-state index contributed by atoms with van der Waals surface area (Å²) in [6.07, 6.45) is 98.3. The fourth-order valence-corrected chi connectivity index (χ4v) is 11.6. The average Bonchev–Trinajstić information content (AvgIpc) is 3.71. The SMILES string of the molecule is CC/C=C\C/C=C\C/C=C\C/C=C\C/C=C\C/C=C\C/C=C\CCCCCCCCCCCCCCCCCCCCCC(=O)NC(COP(=O)([O-])OCC[N+](C)(C)C)C(O)/C=C/CCCCCCCCCCCCCCCCCCCCCCCC. The highest BCUT2D eigenvalue weighted by atomic mass is 31.2. The Hall–Kier alpha value is -2.58. The molecule has 87 heavy (non-hydrogen) atoms. The summed E-state index contributed by atoms with van der Waals surface area (Å²) in [5.41, 5.74) is 0. The molecular weight excluding hydrogens is 1090 g/mol. The summed E-state index contributed by atoms with van der Waals surface area (Å²) in [6, 6.07) is -0.891. The third kappa shape index (κ3) is 70.7. The van der Waals surface area contributed by atoms with Crippen molar-refractivity contribution >= 4 is 13.7 Å². The number of phosphoric ester groups is 1. The number of carbonyl (C=O) groups excluding carboxylic acids is 1. The van der Waals surface area contributed by atoms with E-state index in [2.05, 4.69) is 104 Å². The summed E-state index contributed by atoms with van der Waals surface area (Å²) in [7, 11) is 1.27. The summed E-state index contributed by atoms with van der Waals surface area (Å²) in [6.45, 7) is 4.57. The largest absolute Gasteiger partial charge is 0.756 e. The van der Waals surface area contributed by atoms with Crippen LogP contribution in [0.15, 0.2) is 97.2 Å². The van der Waals surface area contributed by atoms with Gasteiger partial charge in [-0.15, -0.1) is 0 Å². The normalized spacial score (nSPS) is 14.1. The highest BCUT2D eigenvalue weighted by molar-refractivity contribution is 7.45. The van der Waals surface area contributed by atoms with Gasteiger partial charge in [0.05, 0.1) is 39.9 Å². The van der Waals surface area contributed by atoms with Crippen molar-refractivity contribution < 1.29 is 32.9 Å². The molecule has 506 valence electrons. The fraction of sp³-hybridized carbons (Fsp3) is 0.782. The van der Waals surface area contributed by atoms with E-state index in [0.717, 1.165) is 83.5 Å². The Labute approximate surface area is 540 Å². The van der Waals surface area contributed by atoms with Gasteiger partial charge in [-0.2, -0.15) is 0 Å². The second-order valence-corrected chi connectivity index (χ2v) is 27.7. The molecule has 0 aliphatic heterocycles. The lowest BCUT2D eigenvalue weighted by molar-refractivity contribution is -0.870. The van der Waals surface area contributed by atoms with Gasteiger partial charge >= 0.3 is 0 Å². The van der Waals surface area contributed by atoms with Gasteiger partial charge in [-0.25, -0.2) is 0 Å². The predicted molar refractivity (Wildman–Crippen MR) is 380 cm³/mol. The standard InChI is InChI=1S/C78H143N2O6P/c1-6-8-10-12-14-16-18-20-22-24-26-28-30-32-33-34-35-36-37-38-39-40-41-42-43-44-45-46-47-48-50-52-54-56-58-60-62-64-66-68-70-72-78(82)79-76(75-86-87(83,84)85-74-73-80(3,4)5)77(81)71-69-67-65-63-61-59-57-55-53-51-49-31-29-27-25-23-21-19-17-15-13-11-9-7-2/h8,10,14,16,20,22,26,28,32-33,35-36,38-39,69,71,76-77,81H,6-7,9,11-13,15,17-19,21,23-25,27,29-31,34,37,40-68,70,72-75H2,1-5H3,(H-,79,82,83,84)/b10-8-,16-14-,22-20-,28-26-,33-32-,36-35-,39-38-,71-69+. The number of hydrogen-bond donors (Lipinski definition) is 2. The average molecular weight is 1240 g/mol. The van der Waals surface area contributed by atoms with Crippen LogP contribution in [0.3, 0.4) is 0 Å². The molecule has 0 rings (SSSR count). The quantitative estimate of drug-likeness (QED) is 0.0272. The summed E-state index contributed by atoms with van der Waals surface area (Å²) in [5, 5.41) is 14.0. The zero-order chi connectivity index (χ0) is 63.4. The zero-order valence-corrected chi connectivity index (χ0v) is 58.9. The number of aliphatic hydroxyl groups is 1. The number of aliphatic hydroxyl groups excluding tert-OH is 1. The lowest BCUT2D eigenvalue weighted by Gasteiger charge is -2.29. The number of allylic oxidation sites excluding steroid dienone is 15. The van der Waals surface area contributed by atoms with Crippen molar-refractivity contribution in [2.75, 3.05) is 40.9 Å². The number of likely N-dealkylation sites (N-methyl/N-ethyl adjacent to an activating group) is 1. The van der Waals surface area contributed by atoms with Crippen molar-refractivity contribution in [2.45, 2.75) is 353 Å². The Bertz CT molecular complexity index is 1740. The van der Waals surface area contributed by atoms with Crippen molar-refractivity contribution in [3.8, 4) is 0 Å². The molecular formula is C78H143N2O6P. The highest BCUT2D eigenvalue weighted by Crippen LogP contribution is 2.38. The predicted octanol–water partition coefficient (Wildman–Crippen LogP) is 23.4. The molecule has 9 heteroatoms. The van der Waals surface area contributed by atoms with Gasteiger partial charge in [0.25, 0.3) is 7.82 Å². The van der Waals surface area contributed by atoms with E-state index < -0.39 is 20.0 Å². The Morgan fingerprint density at radius 3 is 1.02 bits per heavy atom. The van der Waals surface area contributed by atoms with Crippen LogP contribution in [0.5, 0.6) is 0 Å². The molecule has 0 spiro atoms. The van der Waals surface area contributed by atoms with Crippen LogP contribution < -0.4 is 10.2 Å². The molecule has 3 unspecified atom stereocenters. The van der Waals surface area contributed by atoms with E-state index in [0.29, 0.717) is 17.4 Å². The number of unbranched alkanes of at least 4 members (excludes halogenated alkanes) is 41. The second kappa shape index (κ2) is 67.8. The zero-order valence-electron chi connectivity index (χ0n) is 58.0. The molecule has 0 aliphatic rings. The summed E-state index contributed by atoms with van der Waals surface area (Å²) >= 11 is 0. The van der Waals surface area contributed by atoms with Gasteiger partial charge in [0.15, 0.2) is 0 Å². The number of nitrogens with one attached hydrogen (secondary N) is 1. The number of carbonyl (C=O) groups is 1. The van der Waals surface area contributed by atoms with Gasteiger partial charge in [0, 0.05) is 6.42 Å². The van der Waals surface area contributed by atoms with Crippen LogP contribution in [0, 0.1) is 0 Å². The van der Waals surface area contributed by atoms with Gasteiger partial charge < -0.3 is 28.8 Å². The van der Waals surface area contributed by atoms with E-state index in [1.54, 1.807) is 6.08 Å². The number of hydrogen-bond acceptors (Lipinski definition) is 6. The van der Waals surface area contributed by atoms with Crippen LogP contribution in [0.2, 0.25) is 0 Å². The van der Waals surface area contributed by atoms with E-state index in [1.165, 1.54) is 238 Å². The lowest BCUT2D eigenvalue weighted by atomic mass is 10.0. The van der Waals surface area contributed by atoms with Gasteiger partial charge in [-0.1, -0.05) is 355 Å². The van der Waals surface area contributed by atoms with Gasteiger partial charge in [-0.3, -0.25) is 9.36 Å². The van der Waals surface area contributed by atoms with Gasteiger partial charge in [-0.05, 0) is 77.0 Å². The van der Waals surface area contributed by atoms with E-state index in [4.69, 9.17) is 9.05 Å². The summed E-state index contributed by atoms with van der Waals surface area (Å²) in [5.74, 6) is -0.193. The topological polar surface area (TPSA) is 108 Å². The first-order valence-corrected chi connectivity index (χ1v) is 38.6. The first kappa shape index (κ1) is 84.4. The van der Waals surface area contributed by atoms with Crippen molar-refractivity contribution in [3.63, 3.8) is 0 Å². The monoisotopic (exact) mass is 1240 g/mol. The van der Waals surface area contributed by atoms with Gasteiger partial charge in [0.2, 0.25) is 5.91 Å². The van der Waals surface area contributed by atoms with E-state index in [9.17, 15) is 19.4 Å². The minimum atomic E-state index is -4.61.